The van der Waals surface area contributed by atoms with E-state index in [9.17, 15) is 4.79 Å². The van der Waals surface area contributed by atoms with Gasteiger partial charge in [0.2, 0.25) is 0 Å². The van der Waals surface area contributed by atoms with Crippen LogP contribution in [0.25, 0.3) is 0 Å². The Hall–Kier alpha value is -2.44. The molecule has 0 bridgehead atoms. The van der Waals surface area contributed by atoms with Gasteiger partial charge < -0.3 is 9.47 Å². The summed E-state index contributed by atoms with van der Waals surface area (Å²) in [7, 11) is 1.63. The van der Waals surface area contributed by atoms with Crippen LogP contribution in [0.2, 0.25) is 0 Å². The number of ether oxygens (including phenoxy) is 2. The van der Waals surface area contributed by atoms with Gasteiger partial charge in [0.15, 0.2) is 0 Å². The van der Waals surface area contributed by atoms with Crippen LogP contribution in [0.15, 0.2) is 42.5 Å². The number of carbonyl (C=O) groups is 1. The van der Waals surface area contributed by atoms with E-state index in [0.717, 1.165) is 11.3 Å². The molecule has 1 aromatic carbocycles. The number of aromatic nitrogens is 1. The van der Waals surface area contributed by atoms with Gasteiger partial charge in [-0.3, -0.25) is 10.2 Å². The fourth-order valence-electron chi connectivity index (χ4n) is 1.76. The third-order valence-corrected chi connectivity index (χ3v) is 2.85. The van der Waals surface area contributed by atoms with Crippen LogP contribution in [0.3, 0.4) is 0 Å². The van der Waals surface area contributed by atoms with Gasteiger partial charge >= 0.3 is 0 Å². The molecule has 6 nitrogen and oxygen atoms in total. The zero-order chi connectivity index (χ0) is 15.1. The van der Waals surface area contributed by atoms with E-state index in [1.807, 2.05) is 29.7 Å². The van der Waals surface area contributed by atoms with Crippen molar-refractivity contribution in [2.45, 2.75) is 13.2 Å². The zero-order valence-corrected chi connectivity index (χ0v) is 11.7. The highest BCUT2D eigenvalue weighted by molar-refractivity contribution is 5.91. The van der Waals surface area contributed by atoms with Crippen LogP contribution in [-0.4, -0.2) is 18.0 Å². The van der Waals surface area contributed by atoms with Crippen molar-refractivity contribution in [3.8, 4) is 5.75 Å². The highest BCUT2D eigenvalue weighted by Gasteiger charge is 2.05. The number of carbonyl (C=O) groups excluding carboxylic acids is 1. The van der Waals surface area contributed by atoms with Crippen molar-refractivity contribution in [3.63, 3.8) is 0 Å². The SMILES string of the molecule is COc1ccc(COCc2cccc(C(=O)NN)n2)cc1. The molecule has 0 atom stereocenters. The molecule has 3 N–H and O–H groups in total. The van der Waals surface area contributed by atoms with Gasteiger partial charge in [0, 0.05) is 0 Å². The van der Waals surface area contributed by atoms with Crippen molar-refractivity contribution in [2.24, 2.45) is 5.84 Å². The van der Waals surface area contributed by atoms with E-state index in [1.165, 1.54) is 0 Å². The Bertz CT molecular complexity index is 599. The molecular weight excluding hydrogens is 270 g/mol. The number of methoxy groups -OCH3 is 1. The third kappa shape index (κ3) is 4.27. The first-order valence-electron chi connectivity index (χ1n) is 6.40. The zero-order valence-electron chi connectivity index (χ0n) is 11.7. The summed E-state index contributed by atoms with van der Waals surface area (Å²) < 4.78 is 10.7. The summed E-state index contributed by atoms with van der Waals surface area (Å²) in [5, 5.41) is 0. The minimum Gasteiger partial charge on any atom is -0.497 e. The second-order valence-corrected chi connectivity index (χ2v) is 4.33. The summed E-state index contributed by atoms with van der Waals surface area (Å²) in [6.45, 7) is 0.775. The Morgan fingerprint density at radius 1 is 1.19 bits per heavy atom. The molecule has 0 saturated carbocycles. The molecule has 2 rings (SSSR count). The smallest absolute Gasteiger partial charge is 0.283 e. The number of nitrogens with two attached hydrogens (primary N) is 1. The Kier molecular flexibility index (Phi) is 5.25. The van der Waals surface area contributed by atoms with Crippen LogP contribution in [-0.2, 0) is 18.0 Å². The number of hydrogen-bond acceptors (Lipinski definition) is 5. The lowest BCUT2D eigenvalue weighted by molar-refractivity contribution is 0.0941. The average Bonchev–Trinajstić information content (AvgIpc) is 2.55. The molecule has 6 heteroatoms. The number of nitrogens with zero attached hydrogens (tertiary/aromatic N) is 1. The molecule has 21 heavy (non-hydrogen) atoms. The van der Waals surface area contributed by atoms with Crippen LogP contribution in [0.1, 0.15) is 21.7 Å². The molecule has 1 aromatic heterocycles. The summed E-state index contributed by atoms with van der Waals surface area (Å²) in [5.41, 5.74) is 4.02. The predicted molar refractivity (Wildman–Crippen MR) is 77.4 cm³/mol. The monoisotopic (exact) mass is 287 g/mol. The quantitative estimate of drug-likeness (QED) is 0.476. The van der Waals surface area contributed by atoms with E-state index in [4.69, 9.17) is 15.3 Å². The van der Waals surface area contributed by atoms with Gasteiger partial charge in [-0.2, -0.15) is 0 Å². The lowest BCUT2D eigenvalue weighted by Gasteiger charge is -2.06. The van der Waals surface area contributed by atoms with Gasteiger partial charge in [-0.05, 0) is 29.8 Å². The Balaban J connectivity index is 1.89. The van der Waals surface area contributed by atoms with E-state index in [2.05, 4.69) is 4.98 Å². The standard InChI is InChI=1S/C15H17N3O3/c1-20-13-7-5-11(6-8-13)9-21-10-12-3-2-4-14(17-12)15(19)18-16/h2-8H,9-10,16H2,1H3,(H,18,19). The van der Waals surface area contributed by atoms with Gasteiger partial charge in [-0.1, -0.05) is 18.2 Å². The van der Waals surface area contributed by atoms with Crippen LogP contribution < -0.4 is 16.0 Å². The van der Waals surface area contributed by atoms with Crippen molar-refractivity contribution in [2.75, 3.05) is 7.11 Å². The van der Waals surface area contributed by atoms with Gasteiger partial charge in [-0.25, -0.2) is 10.8 Å². The molecule has 0 radical (unpaired) electrons. The maximum atomic E-state index is 11.4. The number of hydrogen-bond donors (Lipinski definition) is 2. The number of rotatable bonds is 6. The summed E-state index contributed by atoms with van der Waals surface area (Å²) in [6.07, 6.45) is 0. The third-order valence-electron chi connectivity index (χ3n) is 2.85. The fourth-order valence-corrected chi connectivity index (χ4v) is 1.76. The van der Waals surface area contributed by atoms with E-state index in [1.54, 1.807) is 25.3 Å². The summed E-state index contributed by atoms with van der Waals surface area (Å²) in [4.78, 5) is 15.5. The van der Waals surface area contributed by atoms with Gasteiger partial charge in [0.25, 0.3) is 5.91 Å². The lowest BCUT2D eigenvalue weighted by atomic mass is 10.2. The first kappa shape index (κ1) is 15.0. The van der Waals surface area contributed by atoms with Crippen molar-refractivity contribution < 1.29 is 14.3 Å². The molecule has 0 aliphatic heterocycles. The number of nitrogens with one attached hydrogen (secondary N) is 1. The average molecular weight is 287 g/mol. The van der Waals surface area contributed by atoms with Crippen molar-refractivity contribution in [3.05, 3.63) is 59.4 Å². The van der Waals surface area contributed by atoms with Gasteiger partial charge in [0.05, 0.1) is 26.0 Å². The molecule has 0 aliphatic rings. The molecule has 110 valence electrons. The topological polar surface area (TPSA) is 86.5 Å². The molecular formula is C15H17N3O3. The maximum absolute atomic E-state index is 11.4. The first-order chi connectivity index (χ1) is 10.2. The second-order valence-electron chi connectivity index (χ2n) is 4.33. The molecule has 2 aromatic rings. The molecule has 0 fully saturated rings. The molecule has 0 unspecified atom stereocenters. The molecule has 0 saturated heterocycles. The maximum Gasteiger partial charge on any atom is 0.283 e. The highest BCUT2D eigenvalue weighted by Crippen LogP contribution is 2.12. The van der Waals surface area contributed by atoms with E-state index in [0.29, 0.717) is 18.9 Å². The van der Waals surface area contributed by atoms with Gasteiger partial charge in [0.1, 0.15) is 11.4 Å². The number of benzene rings is 1. The molecule has 0 aliphatic carbocycles. The van der Waals surface area contributed by atoms with E-state index >= 15 is 0 Å². The number of amides is 1. The number of pyridine rings is 1. The van der Waals surface area contributed by atoms with Crippen LogP contribution >= 0.6 is 0 Å². The van der Waals surface area contributed by atoms with Crippen molar-refractivity contribution >= 4 is 5.91 Å². The first-order valence-corrected chi connectivity index (χ1v) is 6.40. The molecule has 0 spiro atoms. The van der Waals surface area contributed by atoms with Crippen LogP contribution in [0.5, 0.6) is 5.75 Å². The lowest BCUT2D eigenvalue weighted by Crippen LogP contribution is -2.30. The molecule has 1 amide bonds. The largest absolute Gasteiger partial charge is 0.497 e. The van der Waals surface area contributed by atoms with Crippen molar-refractivity contribution in [1.29, 1.82) is 0 Å². The van der Waals surface area contributed by atoms with E-state index in [-0.39, 0.29) is 5.69 Å². The number of nitrogen functional groups attached to an aromatic ring is 1. The van der Waals surface area contributed by atoms with Crippen molar-refractivity contribution in [1.82, 2.24) is 10.4 Å². The predicted octanol–water partition coefficient (Wildman–Crippen LogP) is 1.41. The second kappa shape index (κ2) is 7.37. The van der Waals surface area contributed by atoms with Crippen LogP contribution in [0.4, 0.5) is 0 Å². The Morgan fingerprint density at radius 2 is 1.95 bits per heavy atom. The van der Waals surface area contributed by atoms with Gasteiger partial charge in [-0.15, -0.1) is 0 Å². The van der Waals surface area contributed by atoms with E-state index < -0.39 is 5.91 Å². The Labute approximate surface area is 122 Å². The molecule has 1 heterocycles. The normalized spacial score (nSPS) is 10.2. The fraction of sp³-hybridized carbons (Fsp3) is 0.200. The summed E-state index contributed by atoms with van der Waals surface area (Å²) in [6, 6.07) is 12.8. The summed E-state index contributed by atoms with van der Waals surface area (Å²) in [5.74, 6) is 5.46. The van der Waals surface area contributed by atoms with Crippen LogP contribution in [0, 0.1) is 0 Å². The number of hydrazine groups is 1. The summed E-state index contributed by atoms with van der Waals surface area (Å²) >= 11 is 0. The highest BCUT2D eigenvalue weighted by atomic mass is 16.5. The minimum atomic E-state index is -0.424. The minimum absolute atomic E-state index is 0.267. The Morgan fingerprint density at radius 3 is 2.62 bits per heavy atom.